The van der Waals surface area contributed by atoms with Crippen LogP contribution in [-0.4, -0.2) is 34.1 Å². The molecule has 0 spiro atoms. The molecule has 24 heavy (non-hydrogen) atoms. The van der Waals surface area contributed by atoms with Gasteiger partial charge in [0.25, 0.3) is 0 Å². The summed E-state index contributed by atoms with van der Waals surface area (Å²) in [5.74, 6) is 2.42. The zero-order chi connectivity index (χ0) is 17.1. The van der Waals surface area contributed by atoms with Gasteiger partial charge in [0.1, 0.15) is 0 Å². The van der Waals surface area contributed by atoms with Gasteiger partial charge in [-0.1, -0.05) is 25.5 Å². The molecule has 0 amide bonds. The van der Waals surface area contributed by atoms with Crippen molar-refractivity contribution in [2.75, 3.05) is 6.61 Å². The van der Waals surface area contributed by atoms with Gasteiger partial charge in [0.15, 0.2) is 0 Å². The lowest BCUT2D eigenvalue weighted by atomic mass is 9.47. The smallest absolute Gasteiger partial charge is 0.0804 e. The lowest BCUT2D eigenvalue weighted by Gasteiger charge is -2.58. The maximum absolute atomic E-state index is 10.3. The number of rotatable bonds is 2. The van der Waals surface area contributed by atoms with E-state index < -0.39 is 6.10 Å². The molecule has 3 saturated carbocycles. The molecule has 8 unspecified atom stereocenters. The highest BCUT2D eigenvalue weighted by molar-refractivity contribution is 5.25. The molecule has 0 aromatic carbocycles. The van der Waals surface area contributed by atoms with Crippen LogP contribution in [-0.2, 0) is 0 Å². The molecular formula is C21H34O3. The average Bonchev–Trinajstić information content (AvgIpc) is 2.92. The molecule has 3 heteroatoms. The lowest BCUT2D eigenvalue weighted by Crippen LogP contribution is -2.51. The summed E-state index contributed by atoms with van der Waals surface area (Å²) in [6.07, 6.45) is 10.6. The molecule has 3 nitrogen and oxygen atoms in total. The Morgan fingerprint density at radius 3 is 2.67 bits per heavy atom. The largest absolute Gasteiger partial charge is 0.394 e. The van der Waals surface area contributed by atoms with Gasteiger partial charge < -0.3 is 15.3 Å². The van der Waals surface area contributed by atoms with Gasteiger partial charge in [0, 0.05) is 0 Å². The molecule has 136 valence electrons. The van der Waals surface area contributed by atoms with E-state index in [1.54, 1.807) is 0 Å². The van der Waals surface area contributed by atoms with E-state index in [0.29, 0.717) is 5.92 Å². The third kappa shape index (κ3) is 2.27. The van der Waals surface area contributed by atoms with E-state index in [9.17, 15) is 15.3 Å². The van der Waals surface area contributed by atoms with Gasteiger partial charge in [-0.25, -0.2) is 0 Å². The zero-order valence-corrected chi connectivity index (χ0v) is 15.2. The SMILES string of the molecule is CC12CCC(O)CC1=CCC1C2CCC2(C)C(C(O)CO)CCC12. The third-order valence-corrected chi connectivity index (χ3v) is 8.80. The second-order valence-electron chi connectivity index (χ2n) is 9.63. The predicted molar refractivity (Wildman–Crippen MR) is 94.3 cm³/mol. The average molecular weight is 335 g/mol. The van der Waals surface area contributed by atoms with E-state index in [0.717, 1.165) is 43.9 Å². The van der Waals surface area contributed by atoms with E-state index >= 15 is 0 Å². The Hall–Kier alpha value is -0.380. The number of aliphatic hydroxyl groups excluding tert-OH is 3. The molecule has 0 aliphatic heterocycles. The number of allylic oxidation sites excluding steroid dienone is 1. The molecule has 0 aromatic rings. The number of aliphatic hydroxyl groups is 3. The first kappa shape index (κ1) is 17.1. The fourth-order valence-electron chi connectivity index (χ4n) is 7.44. The zero-order valence-electron chi connectivity index (χ0n) is 15.2. The number of hydrogen-bond donors (Lipinski definition) is 3. The van der Waals surface area contributed by atoms with E-state index in [-0.39, 0.29) is 29.5 Å². The van der Waals surface area contributed by atoms with Crippen molar-refractivity contribution in [3.05, 3.63) is 11.6 Å². The highest BCUT2D eigenvalue weighted by Gasteiger charge is 2.59. The summed E-state index contributed by atoms with van der Waals surface area (Å²) in [5, 5.41) is 29.9. The molecule has 0 radical (unpaired) electrons. The van der Waals surface area contributed by atoms with Gasteiger partial charge in [-0.3, -0.25) is 0 Å². The van der Waals surface area contributed by atoms with Crippen LogP contribution in [0.3, 0.4) is 0 Å². The van der Waals surface area contributed by atoms with Gasteiger partial charge in [0.2, 0.25) is 0 Å². The second-order valence-corrected chi connectivity index (χ2v) is 9.63. The van der Waals surface area contributed by atoms with Crippen molar-refractivity contribution < 1.29 is 15.3 Å². The van der Waals surface area contributed by atoms with Crippen LogP contribution in [0.1, 0.15) is 65.2 Å². The first-order valence-electron chi connectivity index (χ1n) is 10.1. The highest BCUT2D eigenvalue weighted by atomic mass is 16.3. The third-order valence-electron chi connectivity index (χ3n) is 8.80. The normalized spacial score (nSPS) is 52.0. The fourth-order valence-corrected chi connectivity index (χ4v) is 7.44. The van der Waals surface area contributed by atoms with Crippen molar-refractivity contribution in [1.82, 2.24) is 0 Å². The molecule has 4 aliphatic rings. The van der Waals surface area contributed by atoms with Gasteiger partial charge in [0.05, 0.1) is 18.8 Å². The van der Waals surface area contributed by atoms with Crippen LogP contribution < -0.4 is 0 Å². The van der Waals surface area contributed by atoms with Crippen LogP contribution in [0.25, 0.3) is 0 Å². The molecule has 0 heterocycles. The lowest BCUT2D eigenvalue weighted by molar-refractivity contribution is -0.0779. The van der Waals surface area contributed by atoms with Crippen LogP contribution in [0.4, 0.5) is 0 Å². The molecule has 0 saturated heterocycles. The van der Waals surface area contributed by atoms with Gasteiger partial charge in [-0.2, -0.15) is 0 Å². The van der Waals surface area contributed by atoms with Crippen LogP contribution in [0.2, 0.25) is 0 Å². The maximum atomic E-state index is 10.3. The van der Waals surface area contributed by atoms with Crippen molar-refractivity contribution in [3.63, 3.8) is 0 Å². The summed E-state index contributed by atoms with van der Waals surface area (Å²) in [6.45, 7) is 4.75. The van der Waals surface area contributed by atoms with E-state index in [1.807, 2.05) is 0 Å². The molecule has 3 N–H and O–H groups in total. The van der Waals surface area contributed by atoms with E-state index in [1.165, 1.54) is 24.8 Å². The summed E-state index contributed by atoms with van der Waals surface area (Å²) in [7, 11) is 0. The number of fused-ring (bicyclic) bond motifs is 5. The fraction of sp³-hybridized carbons (Fsp3) is 0.905. The Bertz CT molecular complexity index is 529. The molecule has 0 bridgehead atoms. The Kier molecular flexibility index (Phi) is 4.14. The van der Waals surface area contributed by atoms with Crippen molar-refractivity contribution in [1.29, 1.82) is 0 Å². The van der Waals surface area contributed by atoms with Gasteiger partial charge in [-0.15, -0.1) is 0 Å². The minimum Gasteiger partial charge on any atom is -0.394 e. The molecule has 8 atom stereocenters. The van der Waals surface area contributed by atoms with Gasteiger partial charge in [-0.05, 0) is 85.9 Å². The van der Waals surface area contributed by atoms with Crippen LogP contribution in [0, 0.1) is 34.5 Å². The Labute approximate surface area is 146 Å². The first-order valence-corrected chi connectivity index (χ1v) is 10.1. The topological polar surface area (TPSA) is 60.7 Å². The van der Waals surface area contributed by atoms with E-state index in [4.69, 9.17) is 0 Å². The Morgan fingerprint density at radius 1 is 1.12 bits per heavy atom. The molecule has 3 fully saturated rings. The maximum Gasteiger partial charge on any atom is 0.0804 e. The van der Waals surface area contributed by atoms with Crippen molar-refractivity contribution in [3.8, 4) is 0 Å². The summed E-state index contributed by atoms with van der Waals surface area (Å²) in [6, 6.07) is 0. The Balaban J connectivity index is 1.63. The van der Waals surface area contributed by atoms with Crippen LogP contribution in [0.5, 0.6) is 0 Å². The quantitative estimate of drug-likeness (QED) is 0.679. The molecule has 0 aromatic heterocycles. The standard InChI is InChI=1S/C21H34O3/c1-20-9-7-14(23)11-13(20)3-4-15-16-5-6-18(19(24)12-22)21(16,2)10-8-17(15)20/h3,14-19,22-24H,4-12H2,1-2H3. The molecule has 4 rings (SSSR count). The van der Waals surface area contributed by atoms with E-state index in [2.05, 4.69) is 19.9 Å². The monoisotopic (exact) mass is 334 g/mol. The first-order chi connectivity index (χ1) is 11.4. The highest BCUT2D eigenvalue weighted by Crippen LogP contribution is 2.66. The van der Waals surface area contributed by atoms with Crippen LogP contribution >= 0.6 is 0 Å². The van der Waals surface area contributed by atoms with Crippen molar-refractivity contribution >= 4 is 0 Å². The van der Waals surface area contributed by atoms with Crippen molar-refractivity contribution in [2.45, 2.75) is 77.4 Å². The summed E-state index contributed by atoms with van der Waals surface area (Å²) >= 11 is 0. The molecular weight excluding hydrogens is 300 g/mol. The molecule has 4 aliphatic carbocycles. The minimum atomic E-state index is -0.549. The predicted octanol–water partition coefficient (Wildman–Crippen LogP) is 3.28. The minimum absolute atomic E-state index is 0.0965. The number of hydrogen-bond acceptors (Lipinski definition) is 3. The summed E-state index contributed by atoms with van der Waals surface area (Å²) < 4.78 is 0. The van der Waals surface area contributed by atoms with Crippen molar-refractivity contribution in [2.24, 2.45) is 34.5 Å². The van der Waals surface area contributed by atoms with Gasteiger partial charge >= 0.3 is 0 Å². The second kappa shape index (κ2) is 5.82. The summed E-state index contributed by atoms with van der Waals surface area (Å²) in [5.41, 5.74) is 2.01. The summed E-state index contributed by atoms with van der Waals surface area (Å²) in [4.78, 5) is 0. The Morgan fingerprint density at radius 2 is 1.92 bits per heavy atom. The van der Waals surface area contributed by atoms with Crippen LogP contribution in [0.15, 0.2) is 11.6 Å².